The summed E-state index contributed by atoms with van der Waals surface area (Å²) >= 11 is 0. The van der Waals surface area contributed by atoms with E-state index in [0.29, 0.717) is 0 Å². The Balaban J connectivity index is 2.58. The molecule has 84 valence electrons. The summed E-state index contributed by atoms with van der Waals surface area (Å²) in [6.45, 7) is 3.88. The van der Waals surface area contributed by atoms with Crippen LogP contribution in [0.15, 0.2) is 12.3 Å². The smallest absolute Gasteiger partial charge is 0.168 e. The van der Waals surface area contributed by atoms with E-state index in [9.17, 15) is 13.9 Å². The molecule has 0 spiro atoms. The minimum absolute atomic E-state index is 0.0453. The minimum atomic E-state index is -0.758. The van der Waals surface area contributed by atoms with Crippen molar-refractivity contribution in [1.29, 1.82) is 0 Å². The summed E-state index contributed by atoms with van der Waals surface area (Å²) in [5.41, 5.74) is 0. The molecule has 0 amide bonds. The lowest BCUT2D eigenvalue weighted by Crippen LogP contribution is -2.25. The number of anilines is 1. The Kier molecular flexibility index (Phi) is 3.96. The summed E-state index contributed by atoms with van der Waals surface area (Å²) in [5, 5.41) is 12.1. The van der Waals surface area contributed by atoms with Crippen molar-refractivity contribution >= 4 is 5.82 Å². The van der Waals surface area contributed by atoms with Crippen molar-refractivity contribution in [2.75, 3.05) is 11.9 Å². The molecule has 0 aliphatic heterocycles. The maximum absolute atomic E-state index is 13.1. The molecule has 1 unspecified atom stereocenters. The molecule has 1 atom stereocenters. The maximum atomic E-state index is 13.1. The number of nitrogens with one attached hydrogen (secondary N) is 1. The number of hydrogen-bond acceptors (Lipinski definition) is 3. The normalized spacial score (nSPS) is 12.9. The zero-order valence-electron chi connectivity index (χ0n) is 8.67. The molecule has 0 aliphatic carbocycles. The van der Waals surface area contributed by atoms with Gasteiger partial charge in [0.1, 0.15) is 5.82 Å². The highest BCUT2D eigenvalue weighted by atomic mass is 19.1. The first-order valence-electron chi connectivity index (χ1n) is 4.73. The number of aromatic nitrogens is 1. The Morgan fingerprint density at radius 2 is 2.13 bits per heavy atom. The highest BCUT2D eigenvalue weighted by Gasteiger charge is 2.11. The van der Waals surface area contributed by atoms with E-state index in [1.54, 1.807) is 0 Å². The number of aliphatic hydroxyl groups is 1. The largest absolute Gasteiger partial charge is 0.391 e. The predicted octanol–water partition coefficient (Wildman–Crippen LogP) is 1.79. The average Bonchev–Trinajstić information content (AvgIpc) is 2.15. The van der Waals surface area contributed by atoms with Gasteiger partial charge in [0.25, 0.3) is 0 Å². The molecule has 0 aromatic carbocycles. The second-order valence-electron chi connectivity index (χ2n) is 3.68. The predicted molar refractivity (Wildman–Crippen MR) is 53.5 cm³/mol. The maximum Gasteiger partial charge on any atom is 0.168 e. The number of rotatable bonds is 4. The summed E-state index contributed by atoms with van der Waals surface area (Å²) in [6.07, 6.45) is 0.337. The van der Waals surface area contributed by atoms with E-state index in [1.807, 2.05) is 13.8 Å². The second kappa shape index (κ2) is 5.02. The number of hydrogen-bond donors (Lipinski definition) is 2. The summed E-state index contributed by atoms with van der Waals surface area (Å²) in [7, 11) is 0. The van der Waals surface area contributed by atoms with E-state index >= 15 is 0 Å². The van der Waals surface area contributed by atoms with Gasteiger partial charge in [-0.2, -0.15) is 0 Å². The van der Waals surface area contributed by atoms with Crippen molar-refractivity contribution in [3.8, 4) is 0 Å². The third kappa shape index (κ3) is 3.43. The van der Waals surface area contributed by atoms with Crippen LogP contribution in [0.1, 0.15) is 13.8 Å². The molecule has 0 radical (unpaired) electrons. The van der Waals surface area contributed by atoms with Gasteiger partial charge < -0.3 is 10.4 Å². The number of aliphatic hydroxyl groups excluding tert-OH is 1. The van der Waals surface area contributed by atoms with Crippen LogP contribution in [-0.4, -0.2) is 22.7 Å². The molecule has 15 heavy (non-hydrogen) atoms. The third-order valence-electron chi connectivity index (χ3n) is 2.06. The van der Waals surface area contributed by atoms with Gasteiger partial charge in [-0.1, -0.05) is 13.8 Å². The van der Waals surface area contributed by atoms with Gasteiger partial charge in [0, 0.05) is 12.6 Å². The first-order valence-corrected chi connectivity index (χ1v) is 4.73. The molecule has 1 aromatic rings. The molecular formula is C10H14F2N2O. The number of pyridine rings is 1. The van der Waals surface area contributed by atoms with Crippen LogP contribution < -0.4 is 5.32 Å². The Labute approximate surface area is 87.2 Å². The van der Waals surface area contributed by atoms with Crippen molar-refractivity contribution < 1.29 is 13.9 Å². The van der Waals surface area contributed by atoms with Crippen LogP contribution in [0.5, 0.6) is 0 Å². The standard InChI is InChI=1S/C10H14F2N2O/c1-6(2)9(15)5-14-10-8(12)3-7(11)4-13-10/h3-4,6,9,15H,5H2,1-2H3,(H,13,14). The molecular weight excluding hydrogens is 202 g/mol. The fourth-order valence-corrected chi connectivity index (χ4v) is 0.982. The lowest BCUT2D eigenvalue weighted by molar-refractivity contribution is 0.137. The van der Waals surface area contributed by atoms with Gasteiger partial charge in [-0.25, -0.2) is 13.8 Å². The van der Waals surface area contributed by atoms with E-state index in [-0.39, 0.29) is 18.3 Å². The molecule has 1 aromatic heterocycles. The fraction of sp³-hybridized carbons (Fsp3) is 0.500. The lowest BCUT2D eigenvalue weighted by atomic mass is 10.1. The number of halogens is 2. The van der Waals surface area contributed by atoms with Gasteiger partial charge in [0.2, 0.25) is 0 Å². The van der Waals surface area contributed by atoms with Crippen molar-refractivity contribution in [2.24, 2.45) is 5.92 Å². The summed E-state index contributed by atoms with van der Waals surface area (Å²) in [6, 6.07) is 0.747. The molecule has 5 heteroatoms. The van der Waals surface area contributed by atoms with Gasteiger partial charge in [0.05, 0.1) is 12.3 Å². The minimum Gasteiger partial charge on any atom is -0.391 e. The van der Waals surface area contributed by atoms with Crippen molar-refractivity contribution in [1.82, 2.24) is 4.98 Å². The Hall–Kier alpha value is -1.23. The van der Waals surface area contributed by atoms with Crippen LogP contribution in [0, 0.1) is 17.6 Å². The Morgan fingerprint density at radius 3 is 2.67 bits per heavy atom. The van der Waals surface area contributed by atoms with Crippen LogP contribution in [0.2, 0.25) is 0 Å². The average molecular weight is 216 g/mol. The van der Waals surface area contributed by atoms with Crippen LogP contribution in [0.25, 0.3) is 0 Å². The van der Waals surface area contributed by atoms with Crippen LogP contribution in [0.4, 0.5) is 14.6 Å². The molecule has 3 nitrogen and oxygen atoms in total. The molecule has 0 saturated heterocycles. The SMILES string of the molecule is CC(C)C(O)CNc1ncc(F)cc1F. The quantitative estimate of drug-likeness (QED) is 0.806. The first-order chi connectivity index (χ1) is 7.00. The molecule has 1 heterocycles. The van der Waals surface area contributed by atoms with Crippen molar-refractivity contribution in [3.05, 3.63) is 23.9 Å². The Morgan fingerprint density at radius 1 is 1.47 bits per heavy atom. The lowest BCUT2D eigenvalue weighted by Gasteiger charge is -2.15. The van der Waals surface area contributed by atoms with E-state index in [2.05, 4.69) is 10.3 Å². The van der Waals surface area contributed by atoms with Gasteiger partial charge in [0.15, 0.2) is 11.6 Å². The van der Waals surface area contributed by atoms with Crippen LogP contribution >= 0.6 is 0 Å². The van der Waals surface area contributed by atoms with Gasteiger partial charge >= 0.3 is 0 Å². The summed E-state index contributed by atoms with van der Waals surface area (Å²) < 4.78 is 25.6. The fourth-order valence-electron chi connectivity index (χ4n) is 0.982. The monoisotopic (exact) mass is 216 g/mol. The first kappa shape index (κ1) is 11.8. The summed E-state index contributed by atoms with van der Waals surface area (Å²) in [4.78, 5) is 3.54. The molecule has 0 aliphatic rings. The number of nitrogens with zero attached hydrogens (tertiary/aromatic N) is 1. The van der Waals surface area contributed by atoms with Gasteiger partial charge in [-0.3, -0.25) is 0 Å². The van der Waals surface area contributed by atoms with Crippen LogP contribution in [0.3, 0.4) is 0 Å². The van der Waals surface area contributed by atoms with Crippen LogP contribution in [-0.2, 0) is 0 Å². The topological polar surface area (TPSA) is 45.1 Å². The van der Waals surface area contributed by atoms with Crippen molar-refractivity contribution in [2.45, 2.75) is 20.0 Å². The zero-order chi connectivity index (χ0) is 11.4. The molecule has 0 saturated carbocycles. The Bertz CT molecular complexity index is 331. The highest BCUT2D eigenvalue weighted by Crippen LogP contribution is 2.11. The zero-order valence-corrected chi connectivity index (χ0v) is 8.67. The van der Waals surface area contributed by atoms with Gasteiger partial charge in [-0.05, 0) is 5.92 Å². The second-order valence-corrected chi connectivity index (χ2v) is 3.68. The van der Waals surface area contributed by atoms with Crippen molar-refractivity contribution in [3.63, 3.8) is 0 Å². The van der Waals surface area contributed by atoms with Gasteiger partial charge in [-0.15, -0.1) is 0 Å². The van der Waals surface area contributed by atoms with E-state index < -0.39 is 17.7 Å². The van der Waals surface area contributed by atoms with E-state index in [1.165, 1.54) is 0 Å². The van der Waals surface area contributed by atoms with E-state index in [0.717, 1.165) is 12.3 Å². The molecule has 0 bridgehead atoms. The molecule has 1 rings (SSSR count). The highest BCUT2D eigenvalue weighted by molar-refractivity contribution is 5.35. The third-order valence-corrected chi connectivity index (χ3v) is 2.06. The van der Waals surface area contributed by atoms with E-state index in [4.69, 9.17) is 0 Å². The molecule has 2 N–H and O–H groups in total. The summed E-state index contributed by atoms with van der Waals surface area (Å²) in [5.74, 6) is -1.45. The molecule has 0 fully saturated rings.